The second kappa shape index (κ2) is 5.33. The van der Waals surface area contributed by atoms with Crippen LogP contribution in [-0.2, 0) is 16.1 Å². The van der Waals surface area contributed by atoms with Gasteiger partial charge in [0.05, 0.1) is 18.3 Å². The summed E-state index contributed by atoms with van der Waals surface area (Å²) in [6, 6.07) is 4.45. The maximum Gasteiger partial charge on any atom is 0.338 e. The highest BCUT2D eigenvalue weighted by molar-refractivity contribution is 5.93. The number of carbonyl (C=O) groups is 1. The van der Waals surface area contributed by atoms with Crippen molar-refractivity contribution in [3.05, 3.63) is 34.4 Å². The molecule has 2 atom stereocenters. The molecule has 4 rings (SSSR count). The fourth-order valence-corrected chi connectivity index (χ4v) is 3.84. The van der Waals surface area contributed by atoms with Gasteiger partial charge in [-0.25, -0.2) is 4.79 Å². The van der Waals surface area contributed by atoms with Gasteiger partial charge in [0, 0.05) is 37.8 Å². The summed E-state index contributed by atoms with van der Waals surface area (Å²) in [4.78, 5) is 16.6. The number of morpholine rings is 1. The van der Waals surface area contributed by atoms with Crippen LogP contribution in [0, 0.1) is 6.92 Å². The summed E-state index contributed by atoms with van der Waals surface area (Å²) in [7, 11) is 2.17. The lowest BCUT2D eigenvalue weighted by Crippen LogP contribution is -2.57. The van der Waals surface area contributed by atoms with Crippen LogP contribution in [0.1, 0.15) is 33.2 Å². The number of benzene rings is 1. The van der Waals surface area contributed by atoms with E-state index in [9.17, 15) is 4.79 Å². The molecule has 0 radical (unpaired) electrons. The van der Waals surface area contributed by atoms with Crippen molar-refractivity contribution in [1.29, 1.82) is 0 Å². The van der Waals surface area contributed by atoms with Gasteiger partial charge in [-0.2, -0.15) is 0 Å². The SMILES string of the molecule is Cc1c(C2CN3CCN(C)CC3CO2)ccc2c1COC2=O. The Morgan fingerprint density at radius 2 is 2.09 bits per heavy atom. The standard InChI is InChI=1S/C17H22N2O3/c1-11-13(3-4-14-15(11)10-22-17(14)20)16-8-19-6-5-18(2)7-12(19)9-21-16/h3-4,12,16H,5-10H2,1-2H3. The van der Waals surface area contributed by atoms with Gasteiger partial charge in [-0.05, 0) is 31.2 Å². The molecule has 2 fully saturated rings. The summed E-state index contributed by atoms with van der Waals surface area (Å²) in [6.07, 6.45) is 0.0978. The van der Waals surface area contributed by atoms with E-state index in [1.165, 1.54) is 5.56 Å². The topological polar surface area (TPSA) is 42.0 Å². The molecule has 3 heterocycles. The van der Waals surface area contributed by atoms with Gasteiger partial charge in [0.1, 0.15) is 6.61 Å². The quantitative estimate of drug-likeness (QED) is 0.733. The molecule has 0 saturated carbocycles. The molecule has 0 amide bonds. The number of cyclic esters (lactones) is 1. The average Bonchev–Trinajstić information content (AvgIpc) is 2.90. The molecular weight excluding hydrogens is 280 g/mol. The maximum absolute atomic E-state index is 11.7. The van der Waals surface area contributed by atoms with Crippen LogP contribution in [0.4, 0.5) is 0 Å². The summed E-state index contributed by atoms with van der Waals surface area (Å²) >= 11 is 0. The highest BCUT2D eigenvalue weighted by Crippen LogP contribution is 2.33. The molecule has 0 aromatic heterocycles. The number of likely N-dealkylation sites (N-methyl/N-ethyl adjacent to an activating group) is 1. The van der Waals surface area contributed by atoms with E-state index in [1.807, 2.05) is 12.1 Å². The van der Waals surface area contributed by atoms with Crippen LogP contribution >= 0.6 is 0 Å². The van der Waals surface area contributed by atoms with Crippen molar-refractivity contribution in [3.8, 4) is 0 Å². The first-order valence-electron chi connectivity index (χ1n) is 7.97. The van der Waals surface area contributed by atoms with Crippen LogP contribution in [0.15, 0.2) is 12.1 Å². The Morgan fingerprint density at radius 1 is 1.23 bits per heavy atom. The summed E-state index contributed by atoms with van der Waals surface area (Å²) in [6.45, 7) is 7.50. The Kier molecular flexibility index (Phi) is 3.44. The minimum atomic E-state index is -0.201. The summed E-state index contributed by atoms with van der Waals surface area (Å²) in [5.41, 5.74) is 4.11. The number of ether oxygens (including phenoxy) is 2. The smallest absolute Gasteiger partial charge is 0.338 e. The number of rotatable bonds is 1. The monoisotopic (exact) mass is 302 g/mol. The van der Waals surface area contributed by atoms with Crippen LogP contribution in [0.5, 0.6) is 0 Å². The zero-order valence-electron chi connectivity index (χ0n) is 13.2. The zero-order valence-corrected chi connectivity index (χ0v) is 13.2. The van der Waals surface area contributed by atoms with E-state index in [-0.39, 0.29) is 12.1 Å². The van der Waals surface area contributed by atoms with Gasteiger partial charge in [-0.3, -0.25) is 4.90 Å². The fourth-order valence-electron chi connectivity index (χ4n) is 3.84. The number of fused-ring (bicyclic) bond motifs is 2. The van der Waals surface area contributed by atoms with Crippen molar-refractivity contribution in [2.45, 2.75) is 25.7 Å². The van der Waals surface area contributed by atoms with Crippen molar-refractivity contribution >= 4 is 5.97 Å². The first-order valence-corrected chi connectivity index (χ1v) is 7.97. The lowest BCUT2D eigenvalue weighted by Gasteiger charge is -2.45. The van der Waals surface area contributed by atoms with Crippen molar-refractivity contribution in [3.63, 3.8) is 0 Å². The van der Waals surface area contributed by atoms with E-state index in [0.717, 1.165) is 49.5 Å². The molecule has 2 unspecified atom stereocenters. The highest BCUT2D eigenvalue weighted by atomic mass is 16.5. The Hall–Kier alpha value is -1.43. The highest BCUT2D eigenvalue weighted by Gasteiger charge is 2.34. The van der Waals surface area contributed by atoms with Crippen LogP contribution in [0.3, 0.4) is 0 Å². The molecule has 3 aliphatic heterocycles. The van der Waals surface area contributed by atoms with Crippen LogP contribution in [0.25, 0.3) is 0 Å². The minimum Gasteiger partial charge on any atom is -0.457 e. The predicted molar refractivity (Wildman–Crippen MR) is 81.8 cm³/mol. The molecule has 2 saturated heterocycles. The number of nitrogens with zero attached hydrogens (tertiary/aromatic N) is 2. The Balaban J connectivity index is 1.57. The number of hydrogen-bond donors (Lipinski definition) is 0. The van der Waals surface area contributed by atoms with Crippen molar-refractivity contribution in [2.24, 2.45) is 0 Å². The van der Waals surface area contributed by atoms with Gasteiger partial charge < -0.3 is 14.4 Å². The second-order valence-electron chi connectivity index (χ2n) is 6.62. The van der Waals surface area contributed by atoms with Crippen molar-refractivity contribution in [2.75, 3.05) is 39.8 Å². The fraction of sp³-hybridized carbons (Fsp3) is 0.588. The minimum absolute atomic E-state index is 0.0978. The summed E-state index contributed by atoms with van der Waals surface area (Å²) in [5.74, 6) is -0.201. The third kappa shape index (κ3) is 2.24. The van der Waals surface area contributed by atoms with E-state index < -0.39 is 0 Å². The molecule has 3 aliphatic rings. The second-order valence-corrected chi connectivity index (χ2v) is 6.62. The molecule has 0 N–H and O–H groups in total. The van der Waals surface area contributed by atoms with Gasteiger partial charge >= 0.3 is 5.97 Å². The summed E-state index contributed by atoms with van der Waals surface area (Å²) < 4.78 is 11.3. The lowest BCUT2D eigenvalue weighted by atomic mass is 9.94. The molecule has 5 nitrogen and oxygen atoms in total. The maximum atomic E-state index is 11.7. The first-order chi connectivity index (χ1) is 10.6. The molecular formula is C17H22N2O3. The van der Waals surface area contributed by atoms with Gasteiger partial charge in [0.25, 0.3) is 0 Å². The molecule has 0 aliphatic carbocycles. The molecule has 118 valence electrons. The molecule has 0 spiro atoms. The van der Waals surface area contributed by atoms with E-state index in [4.69, 9.17) is 9.47 Å². The van der Waals surface area contributed by atoms with Gasteiger partial charge in [-0.1, -0.05) is 6.07 Å². The number of esters is 1. The lowest BCUT2D eigenvalue weighted by molar-refractivity contribution is -0.0874. The Bertz CT molecular complexity index is 616. The van der Waals surface area contributed by atoms with Gasteiger partial charge in [0.15, 0.2) is 0 Å². The van der Waals surface area contributed by atoms with Crippen molar-refractivity contribution in [1.82, 2.24) is 9.80 Å². The molecule has 0 bridgehead atoms. The number of carbonyl (C=O) groups excluding carboxylic acids is 1. The summed E-state index contributed by atoms with van der Waals surface area (Å²) in [5, 5.41) is 0. The normalized spacial score (nSPS) is 29.1. The van der Waals surface area contributed by atoms with E-state index in [1.54, 1.807) is 0 Å². The third-order valence-corrected chi connectivity index (χ3v) is 5.25. The van der Waals surface area contributed by atoms with Crippen molar-refractivity contribution < 1.29 is 14.3 Å². The zero-order chi connectivity index (χ0) is 15.3. The first kappa shape index (κ1) is 14.2. The Morgan fingerprint density at radius 3 is 2.95 bits per heavy atom. The largest absolute Gasteiger partial charge is 0.457 e. The van der Waals surface area contributed by atoms with Crippen LogP contribution in [0.2, 0.25) is 0 Å². The molecule has 1 aromatic carbocycles. The van der Waals surface area contributed by atoms with Gasteiger partial charge in [0.2, 0.25) is 0 Å². The third-order valence-electron chi connectivity index (χ3n) is 5.25. The average molecular weight is 302 g/mol. The van der Waals surface area contributed by atoms with Crippen LogP contribution < -0.4 is 0 Å². The van der Waals surface area contributed by atoms with E-state index >= 15 is 0 Å². The Labute approximate surface area is 130 Å². The van der Waals surface area contributed by atoms with E-state index in [0.29, 0.717) is 12.6 Å². The molecule has 22 heavy (non-hydrogen) atoms. The molecule has 1 aromatic rings. The predicted octanol–water partition coefficient (Wildman–Crippen LogP) is 1.35. The molecule has 5 heteroatoms. The number of hydrogen-bond acceptors (Lipinski definition) is 5. The van der Waals surface area contributed by atoms with Gasteiger partial charge in [-0.15, -0.1) is 0 Å². The van der Waals surface area contributed by atoms with Crippen LogP contribution in [-0.4, -0.2) is 61.6 Å². The van der Waals surface area contributed by atoms with E-state index in [2.05, 4.69) is 23.8 Å². The number of piperazine rings is 1.